The van der Waals surface area contributed by atoms with Gasteiger partial charge in [-0.2, -0.15) is 17.2 Å². The van der Waals surface area contributed by atoms with Crippen LogP contribution in [0.15, 0.2) is 0 Å². The average molecular weight is 210 g/mol. The SMILES string of the molecule is [O]S(=O)(=O)C(F)(F)Br. The second-order valence-electron chi connectivity index (χ2n) is 0.900. The molecule has 0 aromatic carbocycles. The van der Waals surface area contributed by atoms with Crippen molar-refractivity contribution in [3.05, 3.63) is 0 Å². The normalized spacial score (nSPS) is 14.0. The van der Waals surface area contributed by atoms with Crippen molar-refractivity contribution in [2.24, 2.45) is 0 Å². The van der Waals surface area contributed by atoms with Crippen LogP contribution in [0.2, 0.25) is 0 Å². The highest BCUT2D eigenvalue weighted by molar-refractivity contribution is 9.11. The molecule has 0 unspecified atom stereocenters. The van der Waals surface area contributed by atoms with Crippen LogP contribution < -0.4 is 0 Å². The van der Waals surface area contributed by atoms with Gasteiger partial charge in [-0.3, -0.25) is 0 Å². The molecule has 0 rings (SSSR count). The first kappa shape index (κ1) is 8.25. The summed E-state index contributed by atoms with van der Waals surface area (Å²) in [5, 5.41) is 0. The van der Waals surface area contributed by atoms with Crippen molar-refractivity contribution in [2.75, 3.05) is 0 Å². The van der Waals surface area contributed by atoms with E-state index in [0.29, 0.717) is 0 Å². The van der Waals surface area contributed by atoms with Crippen molar-refractivity contribution in [3.8, 4) is 0 Å². The molecule has 0 spiro atoms. The van der Waals surface area contributed by atoms with E-state index < -0.39 is 14.3 Å². The van der Waals surface area contributed by atoms with Gasteiger partial charge in [-0.05, 0) is 0 Å². The number of rotatable bonds is 1. The molecule has 49 valence electrons. The molecule has 1 radical (unpaired) electrons. The van der Waals surface area contributed by atoms with Crippen LogP contribution in [0, 0.1) is 0 Å². The highest BCUT2D eigenvalue weighted by atomic mass is 79.9. The molecule has 0 bridgehead atoms. The first-order valence-electron chi connectivity index (χ1n) is 1.27. The van der Waals surface area contributed by atoms with Crippen LogP contribution in [-0.4, -0.2) is 12.6 Å². The first-order valence-corrected chi connectivity index (χ1v) is 3.47. The Morgan fingerprint density at radius 2 is 1.50 bits per heavy atom. The molecule has 0 amide bonds. The predicted octanol–water partition coefficient (Wildman–Crippen LogP) is 0.692. The molecule has 0 aromatic heterocycles. The minimum atomic E-state index is -5.51. The van der Waals surface area contributed by atoms with Gasteiger partial charge in [0.15, 0.2) is 0 Å². The molecule has 0 atom stereocenters. The van der Waals surface area contributed by atoms with Crippen molar-refractivity contribution in [1.82, 2.24) is 0 Å². The Bertz CT molecular complexity index is 166. The molecule has 0 saturated carbocycles. The van der Waals surface area contributed by atoms with Crippen molar-refractivity contribution >= 4 is 26.0 Å². The summed E-state index contributed by atoms with van der Waals surface area (Å²) in [5.74, 6) is 0. The molecule has 7 heteroatoms. The van der Waals surface area contributed by atoms with Crippen LogP contribution in [0.5, 0.6) is 0 Å². The molecule has 0 aliphatic carbocycles. The van der Waals surface area contributed by atoms with E-state index in [1.165, 1.54) is 15.9 Å². The van der Waals surface area contributed by atoms with E-state index in [2.05, 4.69) is 0 Å². The van der Waals surface area contributed by atoms with Gasteiger partial charge in [-0.25, -0.2) is 0 Å². The molecule has 0 heterocycles. The van der Waals surface area contributed by atoms with E-state index in [0.717, 1.165) is 0 Å². The summed E-state index contributed by atoms with van der Waals surface area (Å²) in [6.07, 6.45) is 0. The molecule has 0 saturated heterocycles. The molecule has 3 nitrogen and oxygen atoms in total. The Morgan fingerprint density at radius 1 is 1.38 bits per heavy atom. The van der Waals surface area contributed by atoms with E-state index in [1.54, 1.807) is 0 Å². The Labute approximate surface area is 52.6 Å². The maximum atomic E-state index is 11.2. The second-order valence-corrected chi connectivity index (χ2v) is 3.84. The van der Waals surface area contributed by atoms with Crippen molar-refractivity contribution in [1.29, 1.82) is 0 Å². The summed E-state index contributed by atoms with van der Waals surface area (Å²) in [5.41, 5.74) is 0. The third-order valence-corrected chi connectivity index (χ3v) is 2.04. The van der Waals surface area contributed by atoms with Crippen LogP contribution in [0.4, 0.5) is 8.78 Å². The standard InChI is InChI=1S/CBrF2O3S/c2-1(3,4)8(5,6)7. The summed E-state index contributed by atoms with van der Waals surface area (Å²) in [7, 11) is -5.51. The summed E-state index contributed by atoms with van der Waals surface area (Å²) >= 11 is 1.37. The number of halogens is 3. The maximum absolute atomic E-state index is 11.2. The van der Waals surface area contributed by atoms with E-state index in [-0.39, 0.29) is 0 Å². The molecular formula is CBrF2O3S. The molecular weight excluding hydrogens is 210 g/mol. The molecule has 0 aliphatic heterocycles. The lowest BCUT2D eigenvalue weighted by atomic mass is 11.7. The fraction of sp³-hybridized carbons (Fsp3) is 1.00. The van der Waals surface area contributed by atoms with Crippen LogP contribution >= 0.6 is 15.9 Å². The lowest BCUT2D eigenvalue weighted by Gasteiger charge is -1.98. The van der Waals surface area contributed by atoms with Gasteiger partial charge in [0.1, 0.15) is 0 Å². The van der Waals surface area contributed by atoms with Gasteiger partial charge in [0.25, 0.3) is 0 Å². The zero-order chi connectivity index (χ0) is 7.00. The van der Waals surface area contributed by atoms with Gasteiger partial charge in [-0.1, -0.05) is 4.55 Å². The minimum Gasteiger partial charge on any atom is -0.189 e. The third kappa shape index (κ3) is 2.01. The quantitative estimate of drug-likeness (QED) is 0.598. The van der Waals surface area contributed by atoms with Gasteiger partial charge < -0.3 is 0 Å². The molecule has 0 N–H and O–H groups in total. The van der Waals surface area contributed by atoms with Crippen molar-refractivity contribution < 1.29 is 21.8 Å². The summed E-state index contributed by atoms with van der Waals surface area (Å²) in [6.45, 7) is 0. The third-order valence-electron chi connectivity index (χ3n) is 0.283. The minimum absolute atomic E-state index is 1.37. The lowest BCUT2D eigenvalue weighted by molar-refractivity contribution is 0.180. The molecule has 0 aliphatic rings. The van der Waals surface area contributed by atoms with Crippen LogP contribution in [-0.2, 0) is 14.7 Å². The monoisotopic (exact) mass is 209 g/mol. The second kappa shape index (κ2) is 1.89. The topological polar surface area (TPSA) is 54.0 Å². The van der Waals surface area contributed by atoms with Gasteiger partial charge in [0.2, 0.25) is 0 Å². The Morgan fingerprint density at radius 3 is 1.50 bits per heavy atom. The van der Waals surface area contributed by atoms with Gasteiger partial charge in [0.05, 0.1) is 0 Å². The fourth-order valence-electron chi connectivity index (χ4n) is 0. The molecule has 8 heavy (non-hydrogen) atoms. The van der Waals surface area contributed by atoms with Gasteiger partial charge >= 0.3 is 14.3 Å². The average Bonchev–Trinajstić information content (AvgIpc) is 1.25. The van der Waals surface area contributed by atoms with E-state index >= 15 is 0 Å². The largest absolute Gasteiger partial charge is 0.426 e. The van der Waals surface area contributed by atoms with E-state index in [4.69, 9.17) is 0 Å². The molecule has 0 fully saturated rings. The zero-order valence-electron chi connectivity index (χ0n) is 3.27. The maximum Gasteiger partial charge on any atom is 0.426 e. The highest BCUT2D eigenvalue weighted by Crippen LogP contribution is 2.27. The van der Waals surface area contributed by atoms with Crippen molar-refractivity contribution in [3.63, 3.8) is 0 Å². The summed E-state index contributed by atoms with van der Waals surface area (Å²) in [6, 6.07) is 0. The zero-order valence-corrected chi connectivity index (χ0v) is 5.67. The van der Waals surface area contributed by atoms with E-state index in [9.17, 15) is 21.8 Å². The number of hydrogen-bond donors (Lipinski definition) is 0. The highest BCUT2D eigenvalue weighted by Gasteiger charge is 2.42. The number of hydrogen-bond acceptors (Lipinski definition) is 2. The van der Waals surface area contributed by atoms with Crippen molar-refractivity contribution in [2.45, 2.75) is 4.16 Å². The lowest BCUT2D eigenvalue weighted by Crippen LogP contribution is -2.18. The fourth-order valence-corrected chi connectivity index (χ4v) is 0. The summed E-state index contributed by atoms with van der Waals surface area (Å²) < 4.78 is 46.1. The Hall–Kier alpha value is 0.250. The predicted molar refractivity (Wildman–Crippen MR) is 23.5 cm³/mol. The van der Waals surface area contributed by atoms with Crippen LogP contribution in [0.1, 0.15) is 0 Å². The molecule has 0 aromatic rings. The van der Waals surface area contributed by atoms with Crippen LogP contribution in [0.25, 0.3) is 0 Å². The Balaban J connectivity index is 4.53. The van der Waals surface area contributed by atoms with Gasteiger partial charge in [0, 0.05) is 15.9 Å². The van der Waals surface area contributed by atoms with Gasteiger partial charge in [-0.15, -0.1) is 0 Å². The first-order chi connectivity index (χ1) is 3.25. The van der Waals surface area contributed by atoms with E-state index in [1.807, 2.05) is 0 Å². The van der Waals surface area contributed by atoms with Crippen LogP contribution in [0.3, 0.4) is 0 Å². The number of alkyl halides is 3. The summed E-state index contributed by atoms with van der Waals surface area (Å²) in [4.78, 5) is 0. The smallest absolute Gasteiger partial charge is 0.189 e. The Kier molecular flexibility index (Phi) is 1.95.